The summed E-state index contributed by atoms with van der Waals surface area (Å²) in [6.45, 7) is 0.239. The molecule has 2 aromatic heterocycles. The summed E-state index contributed by atoms with van der Waals surface area (Å²) in [5.74, 6) is 5.13. The van der Waals surface area contributed by atoms with Crippen LogP contribution in [0.2, 0.25) is 0 Å². The fourth-order valence-corrected chi connectivity index (χ4v) is 1.48. The van der Waals surface area contributed by atoms with Gasteiger partial charge in [0.25, 0.3) is 5.91 Å². The van der Waals surface area contributed by atoms with Crippen molar-refractivity contribution >= 4 is 11.7 Å². The Kier molecular flexibility index (Phi) is 4.27. The number of hydrogen-bond donors (Lipinski definition) is 3. The molecule has 0 aliphatic rings. The Morgan fingerprint density at radius 3 is 3.00 bits per heavy atom. The maximum atomic E-state index is 12.0. The lowest BCUT2D eigenvalue weighted by molar-refractivity contribution is 0.102. The number of aromatic nitrogens is 2. The SMILES string of the molecule is NCC#Cc1cccc(NC(=O)c2ccncc2O)n1. The van der Waals surface area contributed by atoms with E-state index < -0.39 is 5.91 Å². The van der Waals surface area contributed by atoms with E-state index in [0.29, 0.717) is 11.5 Å². The zero-order valence-electron chi connectivity index (χ0n) is 10.5. The van der Waals surface area contributed by atoms with Gasteiger partial charge >= 0.3 is 0 Å². The summed E-state index contributed by atoms with van der Waals surface area (Å²) in [6, 6.07) is 6.48. The van der Waals surface area contributed by atoms with Gasteiger partial charge in [-0.25, -0.2) is 4.98 Å². The van der Waals surface area contributed by atoms with Crippen molar-refractivity contribution in [2.75, 3.05) is 11.9 Å². The number of anilines is 1. The third-order valence-electron chi connectivity index (χ3n) is 2.35. The third-order valence-corrected chi connectivity index (χ3v) is 2.35. The van der Waals surface area contributed by atoms with Gasteiger partial charge in [-0.3, -0.25) is 9.78 Å². The summed E-state index contributed by atoms with van der Waals surface area (Å²) in [5.41, 5.74) is 5.91. The highest BCUT2D eigenvalue weighted by Gasteiger charge is 2.11. The van der Waals surface area contributed by atoms with Crippen molar-refractivity contribution in [3.8, 4) is 17.6 Å². The standard InChI is InChI=1S/C14H12N4O2/c15-7-2-4-10-3-1-5-13(17-10)18-14(20)11-6-8-16-9-12(11)19/h1,3,5-6,8-9,19H,7,15H2,(H,17,18,20). The Morgan fingerprint density at radius 2 is 2.25 bits per heavy atom. The summed E-state index contributed by atoms with van der Waals surface area (Å²) in [7, 11) is 0. The number of nitrogens with two attached hydrogens (primary N) is 1. The molecule has 0 atom stereocenters. The van der Waals surface area contributed by atoms with Crippen LogP contribution >= 0.6 is 0 Å². The topological polar surface area (TPSA) is 101 Å². The normalized spacial score (nSPS) is 9.45. The van der Waals surface area contributed by atoms with Crippen LogP contribution in [0.1, 0.15) is 16.1 Å². The fourth-order valence-electron chi connectivity index (χ4n) is 1.48. The molecule has 0 unspecified atom stereocenters. The Morgan fingerprint density at radius 1 is 1.40 bits per heavy atom. The molecule has 0 aromatic carbocycles. The molecule has 6 nitrogen and oxygen atoms in total. The fraction of sp³-hybridized carbons (Fsp3) is 0.0714. The van der Waals surface area contributed by atoms with Gasteiger partial charge in [0.15, 0.2) is 0 Å². The van der Waals surface area contributed by atoms with Crippen LogP contribution in [0.5, 0.6) is 5.75 Å². The van der Waals surface area contributed by atoms with E-state index in [1.165, 1.54) is 18.5 Å². The number of aromatic hydroxyl groups is 1. The summed E-state index contributed by atoms with van der Waals surface area (Å²) in [4.78, 5) is 19.8. The molecule has 0 spiro atoms. The molecule has 2 rings (SSSR count). The van der Waals surface area contributed by atoms with Crippen molar-refractivity contribution < 1.29 is 9.90 Å². The van der Waals surface area contributed by atoms with Crippen LogP contribution in [0.4, 0.5) is 5.82 Å². The predicted molar refractivity (Wildman–Crippen MR) is 74.0 cm³/mol. The quantitative estimate of drug-likeness (QED) is 0.697. The highest BCUT2D eigenvalue weighted by molar-refractivity contribution is 6.05. The number of nitrogens with zero attached hydrogens (tertiary/aromatic N) is 2. The number of carbonyl (C=O) groups is 1. The second-order valence-electron chi connectivity index (χ2n) is 3.76. The number of hydrogen-bond acceptors (Lipinski definition) is 5. The minimum absolute atomic E-state index is 0.125. The minimum atomic E-state index is -0.471. The number of rotatable bonds is 2. The van der Waals surface area contributed by atoms with E-state index in [-0.39, 0.29) is 17.9 Å². The molecule has 0 bridgehead atoms. The molecule has 100 valence electrons. The van der Waals surface area contributed by atoms with E-state index in [0.717, 1.165) is 0 Å². The molecule has 0 aliphatic carbocycles. The lowest BCUT2D eigenvalue weighted by atomic mass is 10.2. The molecule has 4 N–H and O–H groups in total. The van der Waals surface area contributed by atoms with Gasteiger partial charge in [-0.1, -0.05) is 12.0 Å². The molecule has 20 heavy (non-hydrogen) atoms. The first-order chi connectivity index (χ1) is 9.70. The first kappa shape index (κ1) is 13.5. The average Bonchev–Trinajstić information content (AvgIpc) is 2.46. The van der Waals surface area contributed by atoms with Gasteiger partial charge in [-0.2, -0.15) is 0 Å². The Labute approximate surface area is 115 Å². The zero-order chi connectivity index (χ0) is 14.4. The van der Waals surface area contributed by atoms with Gasteiger partial charge in [-0.05, 0) is 24.1 Å². The predicted octanol–water partition coefficient (Wildman–Crippen LogP) is 0.745. The molecular formula is C14H12N4O2. The van der Waals surface area contributed by atoms with Crippen LogP contribution in [0, 0.1) is 11.8 Å². The summed E-state index contributed by atoms with van der Waals surface area (Å²) < 4.78 is 0. The molecule has 0 saturated heterocycles. The van der Waals surface area contributed by atoms with Crippen molar-refractivity contribution in [2.45, 2.75) is 0 Å². The van der Waals surface area contributed by atoms with Crippen molar-refractivity contribution in [2.24, 2.45) is 5.73 Å². The maximum Gasteiger partial charge on any atom is 0.260 e. The summed E-state index contributed by atoms with van der Waals surface area (Å²) in [6.07, 6.45) is 2.62. The molecule has 2 aromatic rings. The highest BCUT2D eigenvalue weighted by Crippen LogP contribution is 2.15. The monoisotopic (exact) mass is 268 g/mol. The zero-order valence-corrected chi connectivity index (χ0v) is 10.5. The maximum absolute atomic E-state index is 12.0. The van der Waals surface area contributed by atoms with Gasteiger partial charge in [0.2, 0.25) is 0 Å². The van der Waals surface area contributed by atoms with E-state index in [2.05, 4.69) is 27.1 Å². The average molecular weight is 268 g/mol. The molecule has 1 amide bonds. The third kappa shape index (κ3) is 3.31. The largest absolute Gasteiger partial charge is 0.505 e. The lowest BCUT2D eigenvalue weighted by Gasteiger charge is -2.05. The number of pyridine rings is 2. The summed E-state index contributed by atoms with van der Waals surface area (Å²) in [5, 5.41) is 12.1. The van der Waals surface area contributed by atoms with Crippen LogP contribution in [-0.2, 0) is 0 Å². The van der Waals surface area contributed by atoms with Crippen molar-refractivity contribution in [3.05, 3.63) is 47.9 Å². The van der Waals surface area contributed by atoms with Crippen LogP contribution in [0.25, 0.3) is 0 Å². The van der Waals surface area contributed by atoms with Crippen LogP contribution in [-0.4, -0.2) is 27.5 Å². The Balaban J connectivity index is 2.18. The van der Waals surface area contributed by atoms with Gasteiger partial charge < -0.3 is 16.2 Å². The first-order valence-corrected chi connectivity index (χ1v) is 5.81. The van der Waals surface area contributed by atoms with E-state index in [1.54, 1.807) is 18.2 Å². The summed E-state index contributed by atoms with van der Waals surface area (Å²) >= 11 is 0. The molecule has 0 saturated carbocycles. The molecule has 0 radical (unpaired) electrons. The second-order valence-corrected chi connectivity index (χ2v) is 3.76. The van der Waals surface area contributed by atoms with Crippen LogP contribution in [0.15, 0.2) is 36.7 Å². The van der Waals surface area contributed by atoms with Gasteiger partial charge in [0.05, 0.1) is 18.3 Å². The van der Waals surface area contributed by atoms with E-state index in [9.17, 15) is 9.90 Å². The van der Waals surface area contributed by atoms with Gasteiger partial charge in [-0.15, -0.1) is 0 Å². The number of carbonyl (C=O) groups excluding carboxylic acids is 1. The highest BCUT2D eigenvalue weighted by atomic mass is 16.3. The van der Waals surface area contributed by atoms with Crippen molar-refractivity contribution in [1.29, 1.82) is 0 Å². The molecule has 2 heterocycles. The molecular weight excluding hydrogens is 256 g/mol. The first-order valence-electron chi connectivity index (χ1n) is 5.81. The van der Waals surface area contributed by atoms with Gasteiger partial charge in [0.1, 0.15) is 17.3 Å². The Bertz CT molecular complexity index is 689. The molecule has 0 aliphatic heterocycles. The molecule has 6 heteroatoms. The van der Waals surface area contributed by atoms with Crippen molar-refractivity contribution in [1.82, 2.24) is 9.97 Å². The van der Waals surface area contributed by atoms with E-state index >= 15 is 0 Å². The second kappa shape index (κ2) is 6.31. The van der Waals surface area contributed by atoms with Crippen LogP contribution < -0.4 is 11.1 Å². The smallest absolute Gasteiger partial charge is 0.260 e. The van der Waals surface area contributed by atoms with Crippen molar-refractivity contribution in [3.63, 3.8) is 0 Å². The van der Waals surface area contributed by atoms with Crippen LogP contribution in [0.3, 0.4) is 0 Å². The molecule has 0 fully saturated rings. The van der Waals surface area contributed by atoms with E-state index in [1.807, 2.05) is 0 Å². The number of amides is 1. The Hall–Kier alpha value is -2.91. The van der Waals surface area contributed by atoms with Gasteiger partial charge in [0, 0.05) is 6.20 Å². The van der Waals surface area contributed by atoms with E-state index in [4.69, 9.17) is 5.73 Å². The minimum Gasteiger partial charge on any atom is -0.505 e. The number of nitrogens with one attached hydrogen (secondary N) is 1. The lowest BCUT2D eigenvalue weighted by Crippen LogP contribution is -2.13.